The highest BCUT2D eigenvalue weighted by molar-refractivity contribution is 5.99. The number of ketones is 1. The Kier molecular flexibility index (Phi) is 5.80. The van der Waals surface area contributed by atoms with Gasteiger partial charge in [0.25, 0.3) is 0 Å². The fraction of sp³-hybridized carbons (Fsp3) is 0.261. The van der Waals surface area contributed by atoms with Gasteiger partial charge in [0.1, 0.15) is 0 Å². The van der Waals surface area contributed by atoms with Gasteiger partial charge in [0.15, 0.2) is 12.4 Å². The summed E-state index contributed by atoms with van der Waals surface area (Å²) in [5, 5.41) is 2.28. The summed E-state index contributed by atoms with van der Waals surface area (Å²) in [5.74, 6) is 0.207. The van der Waals surface area contributed by atoms with Gasteiger partial charge in [-0.1, -0.05) is 25.1 Å². The summed E-state index contributed by atoms with van der Waals surface area (Å²) >= 11 is 0. The molecular formula is C23H23ClN2O2. The number of fused-ring (bicyclic) bond motifs is 2. The number of carbonyl (C=O) groups is 2. The third-order valence-corrected chi connectivity index (χ3v) is 5.26. The van der Waals surface area contributed by atoms with Crippen LogP contribution in [0.5, 0.6) is 0 Å². The van der Waals surface area contributed by atoms with Crippen LogP contribution in [-0.4, -0.2) is 17.7 Å². The highest BCUT2D eigenvalue weighted by Gasteiger charge is 2.30. The van der Waals surface area contributed by atoms with Gasteiger partial charge in [0, 0.05) is 35.2 Å². The number of rotatable bonds is 4. The smallest absolute Gasteiger partial charge is 0.227 e. The molecule has 3 aromatic rings. The first kappa shape index (κ1) is 20.0. The van der Waals surface area contributed by atoms with E-state index in [1.807, 2.05) is 71.2 Å². The van der Waals surface area contributed by atoms with Crippen LogP contribution in [0.15, 0.2) is 60.9 Å². The Morgan fingerprint density at radius 2 is 1.86 bits per heavy atom. The molecule has 0 bridgehead atoms. The second-order valence-corrected chi connectivity index (χ2v) is 7.18. The number of halogens is 1. The van der Waals surface area contributed by atoms with Crippen LogP contribution in [0.4, 0.5) is 5.69 Å². The van der Waals surface area contributed by atoms with Crippen LogP contribution in [0, 0.1) is 0 Å². The molecule has 28 heavy (non-hydrogen) atoms. The highest BCUT2D eigenvalue weighted by atomic mass is 35.5. The maximum Gasteiger partial charge on any atom is 0.227 e. The second-order valence-electron chi connectivity index (χ2n) is 7.18. The topological polar surface area (TPSA) is 41.3 Å². The molecular weight excluding hydrogens is 372 g/mol. The number of aromatic nitrogens is 1. The number of benzene rings is 2. The summed E-state index contributed by atoms with van der Waals surface area (Å²) in [7, 11) is 0. The third-order valence-electron chi connectivity index (χ3n) is 5.26. The Balaban J connectivity index is 0.00000225. The van der Waals surface area contributed by atoms with Gasteiger partial charge >= 0.3 is 0 Å². The van der Waals surface area contributed by atoms with E-state index in [1.165, 1.54) is 0 Å². The summed E-state index contributed by atoms with van der Waals surface area (Å²) in [6.07, 6.45) is 5.23. The van der Waals surface area contributed by atoms with Gasteiger partial charge in [0.2, 0.25) is 18.2 Å². The number of nitrogens with zero attached hydrogens (tertiary/aromatic N) is 2. The molecule has 0 N–H and O–H groups in total. The Bertz CT molecular complexity index is 1050. The largest absolute Gasteiger partial charge is 1.00 e. The van der Waals surface area contributed by atoms with Gasteiger partial charge in [-0.3, -0.25) is 9.59 Å². The Labute approximate surface area is 171 Å². The van der Waals surface area contributed by atoms with E-state index in [4.69, 9.17) is 0 Å². The first-order valence-corrected chi connectivity index (χ1v) is 9.43. The average molecular weight is 395 g/mol. The molecule has 1 aromatic heterocycles. The minimum Gasteiger partial charge on any atom is -1.00 e. The molecule has 2 heterocycles. The lowest BCUT2D eigenvalue weighted by molar-refractivity contribution is -0.681. The van der Waals surface area contributed by atoms with E-state index in [-0.39, 0.29) is 30.1 Å². The second kappa shape index (κ2) is 8.11. The number of pyridine rings is 1. The molecule has 4 rings (SSSR count). The number of Topliss-reactive ketones (excluding diaryl/α,β-unsaturated/α-hetero) is 1. The lowest BCUT2D eigenvalue weighted by Gasteiger charge is -2.22. The lowest BCUT2D eigenvalue weighted by Crippen LogP contribution is -3.00. The fourth-order valence-corrected chi connectivity index (χ4v) is 3.89. The minimum absolute atomic E-state index is 0. The van der Waals surface area contributed by atoms with Crippen LogP contribution < -0.4 is 21.9 Å². The number of hydrogen-bond acceptors (Lipinski definition) is 2. The molecule has 0 spiro atoms. The fourth-order valence-electron chi connectivity index (χ4n) is 3.89. The maximum absolute atomic E-state index is 12.8. The van der Waals surface area contributed by atoms with E-state index >= 15 is 0 Å². The Hall–Kier alpha value is -2.72. The number of amides is 1. The molecule has 4 nitrogen and oxygen atoms in total. The zero-order valence-electron chi connectivity index (χ0n) is 16.1. The first-order valence-electron chi connectivity index (χ1n) is 9.43. The van der Waals surface area contributed by atoms with Crippen molar-refractivity contribution < 1.29 is 26.6 Å². The molecule has 0 fully saturated rings. The van der Waals surface area contributed by atoms with Gasteiger partial charge in [-0.2, -0.15) is 4.57 Å². The van der Waals surface area contributed by atoms with Gasteiger partial charge in [-0.15, -0.1) is 0 Å². The maximum atomic E-state index is 12.8. The summed E-state index contributed by atoms with van der Waals surface area (Å²) in [6, 6.07) is 16.0. The molecule has 1 amide bonds. The van der Waals surface area contributed by atoms with E-state index in [9.17, 15) is 9.59 Å². The van der Waals surface area contributed by atoms with Crippen molar-refractivity contribution in [3.63, 3.8) is 0 Å². The van der Waals surface area contributed by atoms with E-state index in [0.29, 0.717) is 18.5 Å². The normalized spacial score (nSPS) is 15.2. The van der Waals surface area contributed by atoms with Crippen molar-refractivity contribution in [1.29, 1.82) is 0 Å². The van der Waals surface area contributed by atoms with E-state index < -0.39 is 0 Å². The van der Waals surface area contributed by atoms with Gasteiger partial charge < -0.3 is 17.3 Å². The van der Waals surface area contributed by atoms with Crippen molar-refractivity contribution in [2.75, 3.05) is 4.90 Å². The third kappa shape index (κ3) is 3.65. The van der Waals surface area contributed by atoms with Crippen LogP contribution >= 0.6 is 0 Å². The van der Waals surface area contributed by atoms with Crippen molar-refractivity contribution in [1.82, 2.24) is 0 Å². The van der Waals surface area contributed by atoms with Crippen molar-refractivity contribution in [2.45, 2.75) is 39.3 Å². The van der Waals surface area contributed by atoms with Crippen LogP contribution in [0.3, 0.4) is 0 Å². The quantitative estimate of drug-likeness (QED) is 0.483. The summed E-state index contributed by atoms with van der Waals surface area (Å²) < 4.78 is 1.92. The minimum atomic E-state index is 0. The number of hydrogen-bond donors (Lipinski definition) is 0. The lowest BCUT2D eigenvalue weighted by atomic mass is 10.0. The van der Waals surface area contributed by atoms with Crippen LogP contribution in [0.2, 0.25) is 0 Å². The molecule has 1 aliphatic rings. The molecule has 0 saturated heterocycles. The highest BCUT2D eigenvalue weighted by Crippen LogP contribution is 2.33. The standard InChI is InChI=1S/C23H23N2O2.ClH/c1-3-23(27)25-16(2)12-20-13-18(8-9-21(20)25)22(26)15-24-11-10-17-6-4-5-7-19(17)14-24;/h4-11,13-14,16H,3,12,15H2,1-2H3;1H/q+1;/p-1. The van der Waals surface area contributed by atoms with Gasteiger partial charge in [0.05, 0.1) is 0 Å². The predicted octanol–water partition coefficient (Wildman–Crippen LogP) is 0.702. The average Bonchev–Trinajstić information content (AvgIpc) is 3.02. The molecule has 1 unspecified atom stereocenters. The number of anilines is 1. The van der Waals surface area contributed by atoms with Crippen molar-refractivity contribution >= 4 is 28.2 Å². The van der Waals surface area contributed by atoms with Crippen molar-refractivity contribution in [3.8, 4) is 0 Å². The Morgan fingerprint density at radius 3 is 2.61 bits per heavy atom. The summed E-state index contributed by atoms with van der Waals surface area (Å²) in [4.78, 5) is 26.9. The first-order chi connectivity index (χ1) is 13.1. The van der Waals surface area contributed by atoms with Gasteiger partial charge in [-0.25, -0.2) is 0 Å². The van der Waals surface area contributed by atoms with Crippen molar-refractivity contribution in [2.24, 2.45) is 0 Å². The van der Waals surface area contributed by atoms with Crippen molar-refractivity contribution in [3.05, 3.63) is 72.1 Å². The van der Waals surface area contributed by atoms with E-state index in [2.05, 4.69) is 13.0 Å². The molecule has 0 radical (unpaired) electrons. The van der Waals surface area contributed by atoms with Crippen LogP contribution in [-0.2, 0) is 17.8 Å². The SMILES string of the molecule is CCC(=O)N1c2ccc(C(=O)C[n+]3ccc4ccccc4c3)cc2CC1C.[Cl-]. The molecule has 0 aliphatic carbocycles. The summed E-state index contributed by atoms with van der Waals surface area (Å²) in [6.45, 7) is 4.24. The molecule has 0 saturated carbocycles. The molecule has 1 aliphatic heterocycles. The van der Waals surface area contributed by atoms with E-state index in [0.717, 1.165) is 28.4 Å². The number of carbonyl (C=O) groups excluding carboxylic acids is 2. The molecule has 144 valence electrons. The van der Waals surface area contributed by atoms with Gasteiger partial charge in [-0.05, 0) is 48.6 Å². The monoisotopic (exact) mass is 394 g/mol. The van der Waals surface area contributed by atoms with Crippen LogP contribution in [0.25, 0.3) is 10.8 Å². The zero-order valence-corrected chi connectivity index (χ0v) is 16.8. The summed E-state index contributed by atoms with van der Waals surface area (Å²) in [5.41, 5.74) is 2.73. The predicted molar refractivity (Wildman–Crippen MR) is 106 cm³/mol. The Morgan fingerprint density at radius 1 is 1.11 bits per heavy atom. The molecule has 2 aromatic carbocycles. The molecule has 5 heteroatoms. The van der Waals surface area contributed by atoms with E-state index in [1.54, 1.807) is 0 Å². The zero-order chi connectivity index (χ0) is 19.0. The molecule has 1 atom stereocenters. The van der Waals surface area contributed by atoms with Crippen LogP contribution in [0.1, 0.15) is 36.2 Å².